The number of carbonyl (C=O) groups excluding carboxylic acids is 1. The summed E-state index contributed by atoms with van der Waals surface area (Å²) in [6.45, 7) is 4.94. The monoisotopic (exact) mass is 250 g/mol. The third kappa shape index (κ3) is 4.09. The first-order valence-corrected chi connectivity index (χ1v) is 5.54. The van der Waals surface area contributed by atoms with Crippen LogP contribution < -0.4 is 0 Å². The van der Waals surface area contributed by atoms with E-state index in [0.29, 0.717) is 0 Å². The van der Waals surface area contributed by atoms with E-state index in [0.717, 1.165) is 11.6 Å². The summed E-state index contributed by atoms with van der Waals surface area (Å²) < 4.78 is 27.1. The maximum atomic E-state index is 11.4. The van der Waals surface area contributed by atoms with Gasteiger partial charge in [-0.3, -0.25) is 0 Å². The van der Waals surface area contributed by atoms with E-state index in [1.54, 1.807) is 12.1 Å². The molecular formula is C10H11NaO4S. The second-order valence-corrected chi connectivity index (χ2v) is 4.42. The summed E-state index contributed by atoms with van der Waals surface area (Å²) in [5.74, 6) is -0.990. The third-order valence-corrected chi connectivity index (χ3v) is 2.90. The van der Waals surface area contributed by atoms with E-state index < -0.39 is 16.1 Å². The molecular weight excluding hydrogens is 239 g/mol. The van der Waals surface area contributed by atoms with E-state index in [1.807, 2.05) is 6.92 Å². The maximum absolute atomic E-state index is 11.4. The van der Waals surface area contributed by atoms with Crippen molar-refractivity contribution in [3.8, 4) is 0 Å². The normalized spacial score (nSPS) is 10.1. The molecule has 0 aliphatic carbocycles. The topological polar surface area (TPSA) is 60.4 Å². The first-order valence-electron chi connectivity index (χ1n) is 4.13. The number of hydrogen-bond acceptors (Lipinski definition) is 4. The zero-order chi connectivity index (χ0) is 11.5. The summed E-state index contributed by atoms with van der Waals surface area (Å²) >= 11 is 0. The Hall–Kier alpha value is -0.620. The predicted octanol–water partition coefficient (Wildman–Crippen LogP) is 0.764. The van der Waals surface area contributed by atoms with E-state index in [1.165, 1.54) is 12.1 Å². The Kier molecular flexibility index (Phi) is 5.96. The Morgan fingerprint density at radius 3 is 2.25 bits per heavy atom. The summed E-state index contributed by atoms with van der Waals surface area (Å²) in [6, 6.07) is 5.99. The van der Waals surface area contributed by atoms with Gasteiger partial charge >= 0.3 is 45.6 Å². The molecule has 1 aromatic carbocycles. The second kappa shape index (κ2) is 6.20. The molecule has 0 bridgehead atoms. The van der Waals surface area contributed by atoms with E-state index in [9.17, 15) is 13.2 Å². The summed E-state index contributed by atoms with van der Waals surface area (Å²) in [5, 5.41) is 0. The summed E-state index contributed by atoms with van der Waals surface area (Å²) in [7, 11) is -4.01. The van der Waals surface area contributed by atoms with Crippen molar-refractivity contribution in [3.05, 3.63) is 42.5 Å². The molecule has 0 saturated carbocycles. The molecule has 82 valence electrons. The Morgan fingerprint density at radius 2 is 1.81 bits per heavy atom. The Labute approximate surface area is 117 Å². The van der Waals surface area contributed by atoms with Crippen LogP contribution in [0.1, 0.15) is 5.56 Å². The quantitative estimate of drug-likeness (QED) is 0.451. The van der Waals surface area contributed by atoms with Gasteiger partial charge in [-0.2, -0.15) is 8.42 Å². The van der Waals surface area contributed by atoms with Crippen molar-refractivity contribution in [1.82, 2.24) is 0 Å². The van der Waals surface area contributed by atoms with Crippen LogP contribution in [0.15, 0.2) is 41.8 Å². The van der Waals surface area contributed by atoms with Crippen molar-refractivity contribution in [3.63, 3.8) is 0 Å². The number of hydrogen-bond donors (Lipinski definition) is 0. The molecule has 0 saturated heterocycles. The van der Waals surface area contributed by atoms with Crippen molar-refractivity contribution in [2.75, 3.05) is 0 Å². The summed E-state index contributed by atoms with van der Waals surface area (Å²) in [4.78, 5) is 10.7. The van der Waals surface area contributed by atoms with Gasteiger partial charge in [0.15, 0.2) is 0 Å². The molecule has 0 aliphatic heterocycles. The van der Waals surface area contributed by atoms with Gasteiger partial charge in [-0.25, -0.2) is 4.79 Å². The summed E-state index contributed by atoms with van der Waals surface area (Å²) in [5.41, 5.74) is 0.920. The van der Waals surface area contributed by atoms with Crippen molar-refractivity contribution in [2.45, 2.75) is 11.8 Å². The molecule has 16 heavy (non-hydrogen) atoms. The first-order chi connectivity index (χ1) is 6.95. The average molecular weight is 250 g/mol. The molecule has 0 amide bonds. The molecule has 1 aromatic rings. The number of benzene rings is 1. The molecule has 0 fully saturated rings. The average Bonchev–Trinajstić information content (AvgIpc) is 2.17. The molecule has 6 heteroatoms. The van der Waals surface area contributed by atoms with Crippen LogP contribution in [-0.4, -0.2) is 43.9 Å². The standard InChI is InChI=1S/C10H10O4S.Na.H/c1-3-10(11)14-15(12,13)9-6-4-8(2)5-7-9;;/h3-7H,1H2,2H3;;. The molecule has 0 atom stereocenters. The Balaban J connectivity index is 0.00000225. The predicted molar refractivity (Wildman–Crippen MR) is 61.8 cm³/mol. The molecule has 0 aliphatic rings. The molecule has 1 rings (SSSR count). The van der Waals surface area contributed by atoms with Gasteiger partial charge in [-0.05, 0) is 19.1 Å². The van der Waals surface area contributed by atoms with Crippen LogP contribution in [0.4, 0.5) is 0 Å². The van der Waals surface area contributed by atoms with Crippen LogP contribution in [0.2, 0.25) is 0 Å². The molecule has 0 heterocycles. The fraction of sp³-hybridized carbons (Fsp3) is 0.100. The first kappa shape index (κ1) is 15.4. The van der Waals surface area contributed by atoms with Gasteiger partial charge in [0.25, 0.3) is 0 Å². The van der Waals surface area contributed by atoms with E-state index in [2.05, 4.69) is 10.8 Å². The van der Waals surface area contributed by atoms with E-state index >= 15 is 0 Å². The fourth-order valence-corrected chi connectivity index (χ4v) is 1.75. The van der Waals surface area contributed by atoms with Gasteiger partial charge < -0.3 is 4.18 Å². The molecule has 0 unspecified atom stereocenters. The third-order valence-electron chi connectivity index (χ3n) is 1.67. The van der Waals surface area contributed by atoms with E-state index in [4.69, 9.17) is 0 Å². The van der Waals surface area contributed by atoms with E-state index in [-0.39, 0.29) is 34.5 Å². The molecule has 4 nitrogen and oxygen atoms in total. The minimum atomic E-state index is -4.01. The Bertz CT molecular complexity index is 476. The van der Waals surface area contributed by atoms with Crippen molar-refractivity contribution in [2.24, 2.45) is 0 Å². The van der Waals surface area contributed by atoms with Crippen LogP contribution >= 0.6 is 0 Å². The van der Waals surface area contributed by atoms with Crippen LogP contribution in [0.5, 0.6) is 0 Å². The van der Waals surface area contributed by atoms with Gasteiger partial charge in [0.1, 0.15) is 4.90 Å². The van der Waals surface area contributed by atoms with Crippen molar-refractivity contribution in [1.29, 1.82) is 0 Å². The zero-order valence-corrected chi connectivity index (χ0v) is 8.95. The van der Waals surface area contributed by atoms with Crippen LogP contribution in [-0.2, 0) is 19.1 Å². The van der Waals surface area contributed by atoms with Crippen molar-refractivity contribution < 1.29 is 17.4 Å². The molecule has 0 spiro atoms. The number of carbonyl (C=O) groups is 1. The van der Waals surface area contributed by atoms with Gasteiger partial charge in [0.2, 0.25) is 0 Å². The molecule has 0 radical (unpaired) electrons. The zero-order valence-electron chi connectivity index (χ0n) is 8.14. The van der Waals surface area contributed by atoms with Gasteiger partial charge in [-0.1, -0.05) is 24.3 Å². The Morgan fingerprint density at radius 1 is 1.31 bits per heavy atom. The van der Waals surface area contributed by atoms with Crippen LogP contribution in [0.3, 0.4) is 0 Å². The van der Waals surface area contributed by atoms with Gasteiger partial charge in [0, 0.05) is 6.08 Å². The number of rotatable bonds is 3. The van der Waals surface area contributed by atoms with Crippen LogP contribution in [0, 0.1) is 6.92 Å². The molecule has 0 aromatic heterocycles. The second-order valence-electron chi connectivity index (χ2n) is 2.87. The number of aryl methyl sites for hydroxylation is 1. The van der Waals surface area contributed by atoms with Crippen LogP contribution in [0.25, 0.3) is 0 Å². The SMILES string of the molecule is C=CC(=O)OS(=O)(=O)c1ccc(C)cc1.[NaH]. The fourth-order valence-electron chi connectivity index (χ4n) is 0.895. The summed E-state index contributed by atoms with van der Waals surface area (Å²) in [6.07, 6.45) is 0.797. The minimum absolute atomic E-state index is 0. The molecule has 0 N–H and O–H groups in total. The van der Waals surface area contributed by atoms with Gasteiger partial charge in [0.05, 0.1) is 0 Å². The van der Waals surface area contributed by atoms with Gasteiger partial charge in [-0.15, -0.1) is 0 Å². The van der Waals surface area contributed by atoms with Crippen molar-refractivity contribution >= 4 is 45.6 Å².